The van der Waals surface area contributed by atoms with E-state index in [-0.39, 0.29) is 5.75 Å². The molecule has 3 rings (SSSR count). The Labute approximate surface area is 105 Å². The molecule has 4 heteroatoms. The maximum Gasteiger partial charge on any atom is 0.138 e. The number of aromatic hydroxyl groups is 1. The minimum absolute atomic E-state index is 0.287. The maximum absolute atomic E-state index is 9.22. The second-order valence-corrected chi connectivity index (χ2v) is 4.09. The van der Waals surface area contributed by atoms with Gasteiger partial charge in [-0.25, -0.2) is 4.98 Å². The first-order valence-electron chi connectivity index (χ1n) is 5.77. The molecule has 90 valence electrons. The van der Waals surface area contributed by atoms with E-state index in [1.165, 1.54) is 0 Å². The van der Waals surface area contributed by atoms with Gasteiger partial charge in [0, 0.05) is 18.9 Å². The van der Waals surface area contributed by atoms with Crippen molar-refractivity contribution in [1.82, 2.24) is 9.38 Å². The number of nitrogens with one attached hydrogen (secondary N) is 1. The van der Waals surface area contributed by atoms with Crippen LogP contribution in [0.15, 0.2) is 54.9 Å². The Morgan fingerprint density at radius 2 is 1.94 bits per heavy atom. The fraction of sp³-hybridized carbons (Fsp3) is 0.0714. The van der Waals surface area contributed by atoms with Crippen molar-refractivity contribution >= 4 is 11.5 Å². The zero-order valence-corrected chi connectivity index (χ0v) is 9.74. The van der Waals surface area contributed by atoms with Gasteiger partial charge in [0.15, 0.2) is 0 Å². The number of rotatable bonds is 3. The van der Waals surface area contributed by atoms with E-state index in [4.69, 9.17) is 0 Å². The van der Waals surface area contributed by atoms with Crippen molar-refractivity contribution < 1.29 is 5.11 Å². The second-order valence-electron chi connectivity index (χ2n) is 4.09. The van der Waals surface area contributed by atoms with Crippen LogP contribution in [0, 0.1) is 0 Å². The number of benzene rings is 1. The van der Waals surface area contributed by atoms with Gasteiger partial charge >= 0.3 is 0 Å². The number of phenols is 1. The summed E-state index contributed by atoms with van der Waals surface area (Å²) < 4.78 is 2.00. The number of anilines is 1. The molecule has 2 N–H and O–H groups in total. The topological polar surface area (TPSA) is 49.6 Å². The Bertz CT molecular complexity index is 658. The SMILES string of the molecule is Oc1ccc(CNc2cccc3nccn23)cc1. The average Bonchev–Trinajstić information content (AvgIpc) is 2.87. The number of fused-ring (bicyclic) bond motifs is 1. The van der Waals surface area contributed by atoms with E-state index in [0.717, 1.165) is 17.0 Å². The third-order valence-corrected chi connectivity index (χ3v) is 2.84. The van der Waals surface area contributed by atoms with Crippen molar-refractivity contribution in [2.75, 3.05) is 5.32 Å². The zero-order valence-electron chi connectivity index (χ0n) is 9.74. The number of phenolic OH excluding ortho intramolecular Hbond substituents is 1. The number of hydrogen-bond acceptors (Lipinski definition) is 3. The Kier molecular flexibility index (Phi) is 2.61. The minimum Gasteiger partial charge on any atom is -0.508 e. The van der Waals surface area contributed by atoms with E-state index in [1.807, 2.05) is 40.9 Å². The van der Waals surface area contributed by atoms with Crippen LogP contribution in [0.25, 0.3) is 5.65 Å². The lowest BCUT2D eigenvalue weighted by atomic mass is 10.2. The number of aromatic nitrogens is 2. The molecule has 18 heavy (non-hydrogen) atoms. The average molecular weight is 239 g/mol. The van der Waals surface area contributed by atoms with Crippen LogP contribution in [0.2, 0.25) is 0 Å². The molecule has 0 aliphatic carbocycles. The Morgan fingerprint density at radius 3 is 2.78 bits per heavy atom. The van der Waals surface area contributed by atoms with Crippen LogP contribution in [-0.2, 0) is 6.54 Å². The number of hydrogen-bond donors (Lipinski definition) is 2. The second kappa shape index (κ2) is 4.41. The van der Waals surface area contributed by atoms with Crippen LogP contribution in [0.5, 0.6) is 5.75 Å². The van der Waals surface area contributed by atoms with Gasteiger partial charge in [-0.2, -0.15) is 0 Å². The fourth-order valence-electron chi connectivity index (χ4n) is 1.90. The molecule has 0 unspecified atom stereocenters. The van der Waals surface area contributed by atoms with Gasteiger partial charge < -0.3 is 10.4 Å². The molecule has 0 aliphatic rings. The standard InChI is InChI=1S/C14H13N3O/c18-12-6-4-11(5-7-12)10-16-14-3-1-2-13-15-8-9-17(13)14/h1-9,16,18H,10H2. The zero-order chi connectivity index (χ0) is 12.4. The Balaban J connectivity index is 1.80. The fourth-order valence-corrected chi connectivity index (χ4v) is 1.90. The number of nitrogens with zero attached hydrogens (tertiary/aromatic N) is 2. The first-order chi connectivity index (χ1) is 8.83. The summed E-state index contributed by atoms with van der Waals surface area (Å²) in [6.07, 6.45) is 3.70. The van der Waals surface area contributed by atoms with Crippen LogP contribution in [0.3, 0.4) is 0 Å². The summed E-state index contributed by atoms with van der Waals surface area (Å²) in [5, 5.41) is 12.6. The smallest absolute Gasteiger partial charge is 0.138 e. The third kappa shape index (κ3) is 2.00. The molecule has 2 aromatic heterocycles. The lowest BCUT2D eigenvalue weighted by molar-refractivity contribution is 0.475. The monoisotopic (exact) mass is 239 g/mol. The van der Waals surface area contributed by atoms with Gasteiger partial charge in [0.2, 0.25) is 0 Å². The lowest BCUT2D eigenvalue weighted by Gasteiger charge is -2.09. The van der Waals surface area contributed by atoms with E-state index >= 15 is 0 Å². The number of imidazole rings is 1. The summed E-state index contributed by atoms with van der Waals surface area (Å²) in [7, 11) is 0. The molecule has 0 aliphatic heterocycles. The van der Waals surface area contributed by atoms with E-state index in [2.05, 4.69) is 10.3 Å². The lowest BCUT2D eigenvalue weighted by Crippen LogP contribution is -2.03. The highest BCUT2D eigenvalue weighted by molar-refractivity contribution is 5.50. The number of pyridine rings is 1. The molecule has 0 saturated carbocycles. The normalized spacial score (nSPS) is 10.7. The van der Waals surface area contributed by atoms with Gasteiger partial charge in [-0.15, -0.1) is 0 Å². The molecular weight excluding hydrogens is 226 g/mol. The van der Waals surface area contributed by atoms with E-state index < -0.39 is 0 Å². The highest BCUT2D eigenvalue weighted by Gasteiger charge is 2.00. The molecule has 3 aromatic rings. The van der Waals surface area contributed by atoms with Gasteiger partial charge in [0.25, 0.3) is 0 Å². The van der Waals surface area contributed by atoms with E-state index in [9.17, 15) is 5.11 Å². The van der Waals surface area contributed by atoms with Gasteiger partial charge in [0.1, 0.15) is 17.2 Å². The van der Waals surface area contributed by atoms with Gasteiger partial charge in [-0.05, 0) is 29.8 Å². The molecule has 0 atom stereocenters. The summed E-state index contributed by atoms with van der Waals surface area (Å²) in [6.45, 7) is 0.706. The molecule has 0 radical (unpaired) electrons. The molecule has 0 bridgehead atoms. The molecule has 0 fully saturated rings. The maximum atomic E-state index is 9.22. The quantitative estimate of drug-likeness (QED) is 0.738. The van der Waals surface area contributed by atoms with Crippen LogP contribution in [-0.4, -0.2) is 14.5 Å². The first-order valence-corrected chi connectivity index (χ1v) is 5.77. The Morgan fingerprint density at radius 1 is 1.11 bits per heavy atom. The molecule has 0 spiro atoms. The van der Waals surface area contributed by atoms with Crippen LogP contribution >= 0.6 is 0 Å². The van der Waals surface area contributed by atoms with Crippen molar-refractivity contribution in [3.8, 4) is 5.75 Å². The van der Waals surface area contributed by atoms with Crippen LogP contribution < -0.4 is 5.32 Å². The van der Waals surface area contributed by atoms with E-state index in [0.29, 0.717) is 6.54 Å². The minimum atomic E-state index is 0.287. The largest absolute Gasteiger partial charge is 0.508 e. The summed E-state index contributed by atoms with van der Waals surface area (Å²) in [5.41, 5.74) is 2.04. The van der Waals surface area contributed by atoms with Crippen LogP contribution in [0.1, 0.15) is 5.56 Å². The molecular formula is C14H13N3O. The van der Waals surface area contributed by atoms with Crippen LogP contribution in [0.4, 0.5) is 5.82 Å². The van der Waals surface area contributed by atoms with Gasteiger partial charge in [0.05, 0.1) is 0 Å². The molecule has 1 aromatic carbocycles. The predicted octanol–water partition coefficient (Wildman–Crippen LogP) is 2.65. The van der Waals surface area contributed by atoms with Gasteiger partial charge in [-0.1, -0.05) is 18.2 Å². The molecule has 2 heterocycles. The van der Waals surface area contributed by atoms with Crippen molar-refractivity contribution in [3.63, 3.8) is 0 Å². The predicted molar refractivity (Wildman–Crippen MR) is 70.6 cm³/mol. The molecule has 4 nitrogen and oxygen atoms in total. The van der Waals surface area contributed by atoms with Gasteiger partial charge in [-0.3, -0.25) is 4.40 Å². The Hall–Kier alpha value is -2.49. The summed E-state index contributed by atoms with van der Waals surface area (Å²) in [5.74, 6) is 1.29. The van der Waals surface area contributed by atoms with Crippen molar-refractivity contribution in [2.24, 2.45) is 0 Å². The third-order valence-electron chi connectivity index (χ3n) is 2.84. The van der Waals surface area contributed by atoms with E-state index in [1.54, 1.807) is 18.3 Å². The first kappa shape index (κ1) is 10.7. The highest BCUT2D eigenvalue weighted by Crippen LogP contribution is 2.14. The summed E-state index contributed by atoms with van der Waals surface area (Å²) in [4.78, 5) is 4.24. The summed E-state index contributed by atoms with van der Waals surface area (Å²) >= 11 is 0. The van der Waals surface area contributed by atoms with Crippen molar-refractivity contribution in [3.05, 3.63) is 60.4 Å². The van der Waals surface area contributed by atoms with Crippen molar-refractivity contribution in [2.45, 2.75) is 6.54 Å². The molecule has 0 amide bonds. The highest BCUT2D eigenvalue weighted by atomic mass is 16.3. The van der Waals surface area contributed by atoms with Crippen molar-refractivity contribution in [1.29, 1.82) is 0 Å². The molecule has 0 saturated heterocycles. The summed E-state index contributed by atoms with van der Waals surface area (Å²) in [6, 6.07) is 13.1.